The molecule has 2 aromatic rings. The van der Waals surface area contributed by atoms with Crippen molar-refractivity contribution < 1.29 is 32.9 Å². The summed E-state index contributed by atoms with van der Waals surface area (Å²) in [6.45, 7) is -1.74. The molecule has 1 amide bonds. The summed E-state index contributed by atoms with van der Waals surface area (Å²) in [6.07, 6.45) is -6.98. The normalized spacial score (nSPS) is 20.6. The zero-order valence-corrected chi connectivity index (χ0v) is 15.5. The Bertz CT molecular complexity index is 965. The number of nitriles is 1. The fourth-order valence-corrected chi connectivity index (χ4v) is 3.07. The second kappa shape index (κ2) is 8.78. The van der Waals surface area contributed by atoms with E-state index in [1.807, 2.05) is 6.07 Å². The lowest BCUT2D eigenvalue weighted by molar-refractivity contribution is -0.234. The third-order valence-electron chi connectivity index (χ3n) is 4.55. The third kappa shape index (κ3) is 4.59. The molecule has 30 heavy (non-hydrogen) atoms. The maximum absolute atomic E-state index is 13.4. The molecule has 1 fully saturated rings. The first kappa shape index (κ1) is 21.7. The van der Waals surface area contributed by atoms with Gasteiger partial charge >= 0.3 is 6.18 Å². The second-order valence-electron chi connectivity index (χ2n) is 6.64. The van der Waals surface area contributed by atoms with E-state index >= 15 is 0 Å². The van der Waals surface area contributed by atoms with Gasteiger partial charge in [-0.2, -0.15) is 18.4 Å². The summed E-state index contributed by atoms with van der Waals surface area (Å²) in [5, 5.41) is 29.7. The molecular weight excluding hydrogens is 407 g/mol. The summed E-state index contributed by atoms with van der Waals surface area (Å²) in [6, 6.07) is 4.84. The van der Waals surface area contributed by atoms with Crippen LogP contribution in [-0.4, -0.2) is 76.8 Å². The van der Waals surface area contributed by atoms with Gasteiger partial charge in [0.05, 0.1) is 37.1 Å². The number of alkyl halides is 3. The highest BCUT2D eigenvalue weighted by Gasteiger charge is 2.47. The van der Waals surface area contributed by atoms with E-state index in [1.165, 1.54) is 29.4 Å². The van der Waals surface area contributed by atoms with Crippen molar-refractivity contribution in [1.29, 1.82) is 5.26 Å². The number of carbonyl (C=O) groups is 1. The van der Waals surface area contributed by atoms with Crippen LogP contribution in [-0.2, 0) is 9.53 Å². The fraction of sp³-hybridized carbons (Fsp3) is 0.444. The molecule has 0 radical (unpaired) electrons. The molecule has 1 aliphatic heterocycles. The highest BCUT2D eigenvalue weighted by Crippen LogP contribution is 2.33. The van der Waals surface area contributed by atoms with Crippen LogP contribution in [0.25, 0.3) is 11.0 Å². The van der Waals surface area contributed by atoms with Crippen molar-refractivity contribution in [2.24, 2.45) is 0 Å². The summed E-state index contributed by atoms with van der Waals surface area (Å²) < 4.78 is 45.3. The number of benzene rings is 1. The van der Waals surface area contributed by atoms with Gasteiger partial charge in [0.2, 0.25) is 0 Å². The van der Waals surface area contributed by atoms with E-state index in [9.17, 15) is 28.3 Å². The van der Waals surface area contributed by atoms with E-state index in [-0.39, 0.29) is 35.4 Å². The highest BCUT2D eigenvalue weighted by atomic mass is 19.4. The Kier molecular flexibility index (Phi) is 6.35. The maximum Gasteiger partial charge on any atom is 0.416 e. The minimum Gasteiger partial charge on any atom is -0.394 e. The number of nitrogens with zero attached hydrogens (tertiary/aromatic N) is 4. The molecule has 0 aliphatic carbocycles. The number of amides is 1. The number of anilines is 1. The zero-order valence-electron chi connectivity index (χ0n) is 15.5. The molecule has 12 heteroatoms. The van der Waals surface area contributed by atoms with Crippen molar-refractivity contribution in [3.63, 3.8) is 0 Å². The monoisotopic (exact) mass is 425 g/mol. The molecule has 3 N–H and O–H groups in total. The summed E-state index contributed by atoms with van der Waals surface area (Å²) in [5.74, 6) is -0.856. The average Bonchev–Trinajstić information content (AvgIpc) is 2.75. The minimum atomic E-state index is -4.73. The number of morpholine rings is 1. The lowest BCUT2D eigenvalue weighted by atomic mass is 10.1. The second-order valence-corrected chi connectivity index (χ2v) is 6.64. The van der Waals surface area contributed by atoms with E-state index < -0.39 is 43.5 Å². The average molecular weight is 425 g/mol. The van der Waals surface area contributed by atoms with Gasteiger partial charge in [0.1, 0.15) is 17.1 Å². The van der Waals surface area contributed by atoms with Crippen LogP contribution < -0.4 is 10.2 Å². The summed E-state index contributed by atoms with van der Waals surface area (Å²) in [7, 11) is 0. The van der Waals surface area contributed by atoms with E-state index in [4.69, 9.17) is 9.84 Å². The number of aromatic nitrogens is 2. The number of fused-ring (bicyclic) bond motifs is 1. The number of aliphatic hydroxyl groups excluding tert-OH is 2. The molecule has 1 aromatic carbocycles. The largest absolute Gasteiger partial charge is 0.416 e. The maximum atomic E-state index is 13.4. The van der Waals surface area contributed by atoms with Gasteiger partial charge < -0.3 is 25.2 Å². The van der Waals surface area contributed by atoms with Crippen LogP contribution in [0.5, 0.6) is 0 Å². The Morgan fingerprint density at radius 2 is 2.03 bits per heavy atom. The Balaban J connectivity index is 1.93. The first-order chi connectivity index (χ1) is 14.2. The smallest absolute Gasteiger partial charge is 0.394 e. The number of ether oxygens (including phenoxy) is 1. The van der Waals surface area contributed by atoms with Crippen molar-refractivity contribution in [1.82, 2.24) is 15.3 Å². The van der Waals surface area contributed by atoms with Gasteiger partial charge in [0, 0.05) is 18.9 Å². The molecule has 1 saturated heterocycles. The predicted molar refractivity (Wildman–Crippen MR) is 97.3 cm³/mol. The number of aliphatic hydroxyl groups is 2. The summed E-state index contributed by atoms with van der Waals surface area (Å²) >= 11 is 0. The lowest BCUT2D eigenvalue weighted by Gasteiger charge is -2.39. The quantitative estimate of drug-likeness (QED) is 0.615. The van der Waals surface area contributed by atoms with E-state index in [0.29, 0.717) is 0 Å². The molecular formula is C18H18F3N5O4. The zero-order chi connectivity index (χ0) is 21.9. The number of carbonyl (C=O) groups excluding carboxylic acids is 1. The van der Waals surface area contributed by atoms with E-state index in [0.717, 1.165) is 0 Å². The summed E-state index contributed by atoms with van der Waals surface area (Å²) in [5.41, 5.74) is 0.964. The predicted octanol–water partition coefficient (Wildman–Crippen LogP) is 0.107. The molecule has 1 aromatic heterocycles. The fourth-order valence-electron chi connectivity index (χ4n) is 3.07. The third-order valence-corrected chi connectivity index (χ3v) is 4.55. The van der Waals surface area contributed by atoms with Crippen LogP contribution in [0, 0.1) is 11.3 Å². The number of nitrogens with one attached hydrogen (secondary N) is 1. The van der Waals surface area contributed by atoms with Crippen LogP contribution in [0.3, 0.4) is 0 Å². The van der Waals surface area contributed by atoms with Gasteiger partial charge in [-0.3, -0.25) is 14.8 Å². The molecule has 9 nitrogen and oxygen atoms in total. The Morgan fingerprint density at radius 1 is 1.33 bits per heavy atom. The number of hydrogen-bond acceptors (Lipinski definition) is 8. The summed E-state index contributed by atoms with van der Waals surface area (Å²) in [4.78, 5) is 21.9. The molecule has 1 aliphatic rings. The van der Waals surface area contributed by atoms with Crippen LogP contribution in [0.4, 0.5) is 18.9 Å². The number of hydrogen-bond donors (Lipinski definition) is 3. The van der Waals surface area contributed by atoms with Crippen molar-refractivity contribution in [3.05, 3.63) is 30.1 Å². The molecule has 3 rings (SSSR count). The Morgan fingerprint density at radius 3 is 2.67 bits per heavy atom. The molecule has 160 valence electrons. The molecule has 2 heterocycles. The van der Waals surface area contributed by atoms with Gasteiger partial charge in [-0.25, -0.2) is 0 Å². The van der Waals surface area contributed by atoms with E-state index in [2.05, 4.69) is 15.3 Å². The molecule has 0 spiro atoms. The van der Waals surface area contributed by atoms with Gasteiger partial charge in [-0.1, -0.05) is 0 Å². The lowest BCUT2D eigenvalue weighted by Crippen LogP contribution is -2.57. The first-order valence-electron chi connectivity index (χ1n) is 8.92. The SMILES string of the molecule is N#Cc1ccc(N2C[C@@H](C(F)(F)F)O[C@@H](C(=O)NC[C@H](O)CO)C2)c2nccnc12. The van der Waals surface area contributed by atoms with Crippen LogP contribution >= 0.6 is 0 Å². The minimum absolute atomic E-state index is 0.217. The number of rotatable bonds is 5. The molecule has 0 saturated carbocycles. The van der Waals surface area contributed by atoms with Crippen molar-refractivity contribution >= 4 is 22.6 Å². The molecule has 3 atom stereocenters. The van der Waals surface area contributed by atoms with Crippen molar-refractivity contribution in [2.45, 2.75) is 24.5 Å². The first-order valence-corrected chi connectivity index (χ1v) is 8.92. The standard InChI is InChI=1S/C18H18F3N5O4/c19-18(20,21)14-8-26(7-13(30-14)17(29)25-6-11(28)9-27)12-2-1-10(5-22)15-16(12)24-4-3-23-15/h1-4,11,13-14,27-28H,6-9H2,(H,25,29)/t11-,13+,14-/m0/s1. The molecule has 0 bridgehead atoms. The highest BCUT2D eigenvalue weighted by molar-refractivity contribution is 5.92. The van der Waals surface area contributed by atoms with Crippen molar-refractivity contribution in [3.8, 4) is 6.07 Å². The van der Waals surface area contributed by atoms with Gasteiger partial charge in [0.25, 0.3) is 5.91 Å². The topological polar surface area (TPSA) is 132 Å². The number of halogens is 3. The van der Waals surface area contributed by atoms with Gasteiger partial charge in [-0.15, -0.1) is 0 Å². The van der Waals surface area contributed by atoms with Gasteiger partial charge in [0.15, 0.2) is 12.2 Å². The van der Waals surface area contributed by atoms with Crippen LogP contribution in [0.2, 0.25) is 0 Å². The molecule has 0 unspecified atom stereocenters. The van der Waals surface area contributed by atoms with Gasteiger partial charge in [-0.05, 0) is 12.1 Å². The van der Waals surface area contributed by atoms with Crippen LogP contribution in [0.15, 0.2) is 24.5 Å². The van der Waals surface area contributed by atoms with E-state index in [1.54, 1.807) is 0 Å². The Labute approximate surface area is 168 Å². The van der Waals surface area contributed by atoms with Crippen LogP contribution in [0.1, 0.15) is 5.56 Å². The Hall–Kier alpha value is -3.01. The van der Waals surface area contributed by atoms with Crippen molar-refractivity contribution in [2.75, 3.05) is 31.1 Å².